The Labute approximate surface area is 231 Å². The first-order valence-electron chi connectivity index (χ1n) is 13.7. The van der Waals surface area contributed by atoms with Gasteiger partial charge in [0.15, 0.2) is 0 Å². The quantitative estimate of drug-likeness (QED) is 0.319. The number of methoxy groups -OCH3 is 1. The molecule has 1 unspecified atom stereocenters. The van der Waals surface area contributed by atoms with Crippen molar-refractivity contribution in [1.29, 1.82) is 0 Å². The number of hydrogen-bond acceptors (Lipinski definition) is 4. The second-order valence-electron chi connectivity index (χ2n) is 11.1. The molecule has 4 rings (SSSR count). The highest BCUT2D eigenvalue weighted by atomic mass is 16.5. The molecule has 0 bridgehead atoms. The van der Waals surface area contributed by atoms with E-state index in [1.165, 1.54) is 16.0 Å². The molecule has 0 radical (unpaired) electrons. The van der Waals surface area contributed by atoms with Crippen LogP contribution in [0.3, 0.4) is 0 Å². The number of hydrogen-bond donors (Lipinski definition) is 1. The van der Waals surface area contributed by atoms with Gasteiger partial charge in [0, 0.05) is 25.8 Å². The lowest BCUT2D eigenvalue weighted by Gasteiger charge is -2.24. The van der Waals surface area contributed by atoms with Crippen molar-refractivity contribution in [1.82, 2.24) is 4.90 Å². The number of amides is 1. The minimum absolute atomic E-state index is 0.160. The van der Waals surface area contributed by atoms with Crippen LogP contribution in [0.25, 0.3) is 0 Å². The third-order valence-electron chi connectivity index (χ3n) is 7.38. The molecule has 1 heterocycles. The van der Waals surface area contributed by atoms with Gasteiger partial charge in [0.2, 0.25) is 5.91 Å². The lowest BCUT2D eigenvalue weighted by Crippen LogP contribution is -2.37. The van der Waals surface area contributed by atoms with Crippen molar-refractivity contribution in [2.75, 3.05) is 20.2 Å². The van der Waals surface area contributed by atoms with E-state index in [0.29, 0.717) is 25.3 Å². The minimum atomic E-state index is -1.01. The fourth-order valence-corrected chi connectivity index (χ4v) is 5.24. The standard InChI is InChI=1S/C33H39NO5/c1-23(2)27-12-8-26(9-13-27)20-33(3)21-28-18-25(10-14-30(28)39-33)11-15-31(35)34(22-32(36)37)17-16-24-6-5-7-29(19-24)38-4/h5-10,12-14,18-19,23H,11,15-17,20-22H2,1-4H3,(H,36,37). The number of ether oxygens (including phenoxy) is 2. The number of carbonyl (C=O) groups is 2. The van der Waals surface area contributed by atoms with E-state index in [1.807, 2.05) is 36.4 Å². The fourth-order valence-electron chi connectivity index (χ4n) is 5.24. The molecule has 0 fully saturated rings. The van der Waals surface area contributed by atoms with Crippen molar-refractivity contribution < 1.29 is 24.2 Å². The molecule has 0 aliphatic carbocycles. The Hall–Kier alpha value is -3.80. The first-order chi connectivity index (χ1) is 18.6. The lowest BCUT2D eigenvalue weighted by molar-refractivity contribution is -0.144. The molecule has 1 aliphatic rings. The number of aliphatic carboxylic acids is 1. The highest BCUT2D eigenvalue weighted by molar-refractivity contribution is 5.81. The summed E-state index contributed by atoms with van der Waals surface area (Å²) < 4.78 is 11.6. The predicted molar refractivity (Wildman–Crippen MR) is 153 cm³/mol. The molecular weight excluding hydrogens is 490 g/mol. The molecule has 0 saturated heterocycles. The van der Waals surface area contributed by atoms with Crippen LogP contribution in [0, 0.1) is 0 Å². The van der Waals surface area contributed by atoms with Crippen LogP contribution < -0.4 is 9.47 Å². The summed E-state index contributed by atoms with van der Waals surface area (Å²) in [7, 11) is 1.61. The van der Waals surface area contributed by atoms with Gasteiger partial charge in [-0.2, -0.15) is 0 Å². The number of fused-ring (bicyclic) bond motifs is 1. The number of carboxylic acid groups (broad SMARTS) is 1. The molecule has 1 N–H and O–H groups in total. The van der Waals surface area contributed by atoms with Gasteiger partial charge in [-0.1, -0.05) is 62.4 Å². The molecular formula is C33H39NO5. The summed E-state index contributed by atoms with van der Waals surface area (Å²) in [6.45, 7) is 6.58. The molecule has 6 nitrogen and oxygen atoms in total. The Bertz CT molecular complexity index is 1300. The van der Waals surface area contributed by atoms with E-state index in [2.05, 4.69) is 51.1 Å². The van der Waals surface area contributed by atoms with E-state index in [0.717, 1.165) is 41.0 Å². The molecule has 206 valence electrons. The Morgan fingerprint density at radius 2 is 1.72 bits per heavy atom. The van der Waals surface area contributed by atoms with E-state index >= 15 is 0 Å². The van der Waals surface area contributed by atoms with Crippen LogP contribution in [0.1, 0.15) is 60.9 Å². The predicted octanol–water partition coefficient (Wildman–Crippen LogP) is 5.84. The third kappa shape index (κ3) is 7.62. The summed E-state index contributed by atoms with van der Waals surface area (Å²) in [6, 6.07) is 22.5. The second-order valence-corrected chi connectivity index (χ2v) is 11.1. The summed E-state index contributed by atoms with van der Waals surface area (Å²) in [5, 5.41) is 9.37. The average Bonchev–Trinajstić information content (AvgIpc) is 3.24. The monoisotopic (exact) mass is 529 g/mol. The van der Waals surface area contributed by atoms with Gasteiger partial charge in [-0.3, -0.25) is 9.59 Å². The van der Waals surface area contributed by atoms with Crippen molar-refractivity contribution >= 4 is 11.9 Å². The van der Waals surface area contributed by atoms with E-state index < -0.39 is 5.97 Å². The Kier molecular flexibility index (Phi) is 8.95. The maximum absolute atomic E-state index is 13.0. The van der Waals surface area contributed by atoms with Gasteiger partial charge >= 0.3 is 5.97 Å². The van der Waals surface area contributed by atoms with Crippen molar-refractivity contribution in [3.8, 4) is 11.5 Å². The number of carboxylic acids is 1. The maximum atomic E-state index is 13.0. The zero-order chi connectivity index (χ0) is 28.0. The molecule has 1 aliphatic heterocycles. The SMILES string of the molecule is COc1cccc(CCN(CC(=O)O)C(=O)CCc2ccc3c(c2)CC(C)(Cc2ccc(C(C)C)cc2)O3)c1. The first kappa shape index (κ1) is 28.2. The Morgan fingerprint density at radius 3 is 2.41 bits per heavy atom. The van der Waals surface area contributed by atoms with Gasteiger partial charge in [-0.05, 0) is 71.7 Å². The zero-order valence-corrected chi connectivity index (χ0v) is 23.4. The van der Waals surface area contributed by atoms with Gasteiger partial charge < -0.3 is 19.5 Å². The second kappa shape index (κ2) is 12.4. The van der Waals surface area contributed by atoms with E-state index in [-0.39, 0.29) is 24.5 Å². The van der Waals surface area contributed by atoms with Crippen LogP contribution in [-0.4, -0.2) is 47.7 Å². The number of aryl methyl sites for hydroxylation is 1. The van der Waals surface area contributed by atoms with Crippen LogP contribution in [0.15, 0.2) is 66.7 Å². The van der Waals surface area contributed by atoms with Gasteiger partial charge in [0.25, 0.3) is 0 Å². The van der Waals surface area contributed by atoms with Gasteiger partial charge in [0.1, 0.15) is 23.6 Å². The number of nitrogens with zero attached hydrogens (tertiary/aromatic N) is 1. The van der Waals surface area contributed by atoms with Crippen molar-refractivity contribution in [3.05, 3.63) is 94.5 Å². The van der Waals surface area contributed by atoms with Crippen LogP contribution in [0.4, 0.5) is 0 Å². The molecule has 0 aromatic heterocycles. The zero-order valence-electron chi connectivity index (χ0n) is 23.4. The van der Waals surface area contributed by atoms with Crippen LogP contribution >= 0.6 is 0 Å². The first-order valence-corrected chi connectivity index (χ1v) is 13.7. The molecule has 3 aromatic rings. The minimum Gasteiger partial charge on any atom is -0.497 e. The molecule has 0 saturated carbocycles. The Balaban J connectivity index is 1.34. The Morgan fingerprint density at radius 1 is 1.00 bits per heavy atom. The highest BCUT2D eigenvalue weighted by Crippen LogP contribution is 2.37. The molecule has 39 heavy (non-hydrogen) atoms. The topological polar surface area (TPSA) is 76.1 Å². The maximum Gasteiger partial charge on any atom is 0.323 e. The van der Waals surface area contributed by atoms with Crippen LogP contribution in [0.5, 0.6) is 11.5 Å². The smallest absolute Gasteiger partial charge is 0.323 e. The molecule has 3 aromatic carbocycles. The van der Waals surface area contributed by atoms with Crippen molar-refractivity contribution in [3.63, 3.8) is 0 Å². The van der Waals surface area contributed by atoms with Crippen LogP contribution in [-0.2, 0) is 35.3 Å². The molecule has 0 spiro atoms. The van der Waals surface area contributed by atoms with Crippen molar-refractivity contribution in [2.45, 2.75) is 64.4 Å². The highest BCUT2D eigenvalue weighted by Gasteiger charge is 2.35. The van der Waals surface area contributed by atoms with Crippen molar-refractivity contribution in [2.24, 2.45) is 0 Å². The van der Waals surface area contributed by atoms with Gasteiger partial charge in [0.05, 0.1) is 7.11 Å². The fraction of sp³-hybridized carbons (Fsp3) is 0.394. The number of rotatable bonds is 12. The molecule has 1 atom stereocenters. The van der Waals surface area contributed by atoms with Gasteiger partial charge in [-0.25, -0.2) is 0 Å². The summed E-state index contributed by atoms with van der Waals surface area (Å²) >= 11 is 0. The van der Waals surface area contributed by atoms with Crippen LogP contribution in [0.2, 0.25) is 0 Å². The third-order valence-corrected chi connectivity index (χ3v) is 7.38. The number of benzene rings is 3. The normalized spacial score (nSPS) is 16.0. The summed E-state index contributed by atoms with van der Waals surface area (Å²) in [5.74, 6) is 0.978. The van der Waals surface area contributed by atoms with E-state index in [4.69, 9.17) is 9.47 Å². The van der Waals surface area contributed by atoms with E-state index in [9.17, 15) is 14.7 Å². The largest absolute Gasteiger partial charge is 0.497 e. The summed E-state index contributed by atoms with van der Waals surface area (Å²) in [5.41, 5.74) is 5.49. The summed E-state index contributed by atoms with van der Waals surface area (Å²) in [6.07, 6.45) is 3.00. The summed E-state index contributed by atoms with van der Waals surface area (Å²) in [4.78, 5) is 25.9. The van der Waals surface area contributed by atoms with Gasteiger partial charge in [-0.15, -0.1) is 0 Å². The average molecular weight is 530 g/mol. The molecule has 6 heteroatoms. The number of carbonyl (C=O) groups excluding carboxylic acids is 1. The lowest BCUT2D eigenvalue weighted by atomic mass is 9.90. The van der Waals surface area contributed by atoms with E-state index in [1.54, 1.807) is 7.11 Å². The molecule has 1 amide bonds.